The minimum Gasteiger partial charge on any atom is -0.382 e. The average molecular weight is 339 g/mol. The van der Waals surface area contributed by atoms with Gasteiger partial charge in [-0.3, -0.25) is 0 Å². The molecule has 4 heteroatoms. The third-order valence-corrected chi connectivity index (χ3v) is 3.93. The van der Waals surface area contributed by atoms with Gasteiger partial charge in [0, 0.05) is 18.0 Å². The summed E-state index contributed by atoms with van der Waals surface area (Å²) in [4.78, 5) is 0. The number of aliphatic hydroxyl groups is 1. The van der Waals surface area contributed by atoms with E-state index in [0.717, 1.165) is 11.1 Å². The molecule has 2 rings (SSSR count). The van der Waals surface area contributed by atoms with Crippen LogP contribution in [0.25, 0.3) is 0 Å². The Hall–Kier alpha value is -1.23. The van der Waals surface area contributed by atoms with Crippen LogP contribution in [0.3, 0.4) is 0 Å². The molecule has 0 spiro atoms. The predicted octanol–water partition coefficient (Wildman–Crippen LogP) is 3.66. The highest BCUT2D eigenvalue weighted by molar-refractivity contribution is 9.10. The molecule has 0 saturated carbocycles. The van der Waals surface area contributed by atoms with Crippen molar-refractivity contribution in [3.63, 3.8) is 0 Å². The summed E-state index contributed by atoms with van der Waals surface area (Å²) < 4.78 is 18.9. The first-order chi connectivity index (χ1) is 9.55. The van der Waals surface area contributed by atoms with Crippen molar-refractivity contribution in [2.24, 2.45) is 0 Å². The number of hydrogen-bond acceptors (Lipinski definition) is 2. The Morgan fingerprint density at radius 3 is 2.50 bits per heavy atom. The molecule has 106 valence electrons. The van der Waals surface area contributed by atoms with Gasteiger partial charge in [0.1, 0.15) is 11.4 Å². The molecular weight excluding hydrogens is 323 g/mol. The lowest BCUT2D eigenvalue weighted by molar-refractivity contribution is -0.0356. The van der Waals surface area contributed by atoms with Crippen molar-refractivity contribution in [1.82, 2.24) is 0 Å². The smallest absolute Gasteiger partial charge is 0.124 e. The number of rotatable bonds is 5. The van der Waals surface area contributed by atoms with E-state index in [0.29, 0.717) is 10.9 Å². The summed E-state index contributed by atoms with van der Waals surface area (Å²) in [5.74, 6) is -0.310. The summed E-state index contributed by atoms with van der Waals surface area (Å²) in [6.45, 7) is 0.167. The van der Waals surface area contributed by atoms with Crippen LogP contribution in [0.4, 0.5) is 4.39 Å². The van der Waals surface area contributed by atoms with Crippen LogP contribution in [0.1, 0.15) is 11.1 Å². The summed E-state index contributed by atoms with van der Waals surface area (Å²) in [6.07, 6.45) is 0.339. The van der Waals surface area contributed by atoms with Crippen molar-refractivity contribution in [3.05, 3.63) is 69.9 Å². The molecule has 0 radical (unpaired) electrons. The molecule has 2 aromatic carbocycles. The van der Waals surface area contributed by atoms with Gasteiger partial charge >= 0.3 is 0 Å². The number of hydrogen-bond donors (Lipinski definition) is 1. The van der Waals surface area contributed by atoms with E-state index < -0.39 is 5.60 Å². The van der Waals surface area contributed by atoms with Gasteiger partial charge < -0.3 is 9.84 Å². The van der Waals surface area contributed by atoms with Gasteiger partial charge in [0.05, 0.1) is 6.61 Å². The highest BCUT2D eigenvalue weighted by Crippen LogP contribution is 2.29. The van der Waals surface area contributed by atoms with Crippen molar-refractivity contribution in [1.29, 1.82) is 0 Å². The predicted molar refractivity (Wildman–Crippen MR) is 80.0 cm³/mol. The van der Waals surface area contributed by atoms with E-state index in [1.54, 1.807) is 13.2 Å². The Labute approximate surface area is 126 Å². The Morgan fingerprint density at radius 1 is 1.20 bits per heavy atom. The molecule has 0 heterocycles. The van der Waals surface area contributed by atoms with Gasteiger partial charge in [-0.05, 0) is 23.3 Å². The first kappa shape index (κ1) is 15.2. The van der Waals surface area contributed by atoms with E-state index in [1.165, 1.54) is 12.1 Å². The second kappa shape index (κ2) is 6.48. The molecule has 0 bridgehead atoms. The van der Waals surface area contributed by atoms with Crippen LogP contribution >= 0.6 is 15.9 Å². The molecule has 0 aliphatic heterocycles. The third kappa shape index (κ3) is 3.45. The summed E-state index contributed by atoms with van der Waals surface area (Å²) in [7, 11) is 1.55. The topological polar surface area (TPSA) is 29.5 Å². The Bertz CT molecular complexity index is 574. The number of halogens is 2. The van der Waals surface area contributed by atoms with Crippen LogP contribution in [0, 0.1) is 5.82 Å². The molecule has 20 heavy (non-hydrogen) atoms. The monoisotopic (exact) mass is 338 g/mol. The van der Waals surface area contributed by atoms with E-state index in [4.69, 9.17) is 4.74 Å². The van der Waals surface area contributed by atoms with E-state index in [-0.39, 0.29) is 12.4 Å². The van der Waals surface area contributed by atoms with Crippen molar-refractivity contribution in [2.75, 3.05) is 13.7 Å². The fourth-order valence-electron chi connectivity index (χ4n) is 2.20. The summed E-state index contributed by atoms with van der Waals surface area (Å²) in [6, 6.07) is 13.8. The minimum absolute atomic E-state index is 0.167. The molecule has 0 amide bonds. The Kier molecular flexibility index (Phi) is 4.91. The second-order valence-corrected chi connectivity index (χ2v) is 5.60. The standard InChI is InChI=1S/C16H16BrFO2/c1-20-11-16(19,13-5-3-2-4-6-13)10-12-7-8-14(18)9-15(12)17/h2-9,19H,10-11H2,1H3. The fourth-order valence-corrected chi connectivity index (χ4v) is 2.69. The maximum absolute atomic E-state index is 13.1. The lowest BCUT2D eigenvalue weighted by Gasteiger charge is -2.28. The SMILES string of the molecule is COCC(O)(Cc1ccc(F)cc1Br)c1ccccc1. The molecular formula is C16H16BrFO2. The highest BCUT2D eigenvalue weighted by Gasteiger charge is 2.30. The van der Waals surface area contributed by atoms with Crippen LogP contribution < -0.4 is 0 Å². The highest BCUT2D eigenvalue weighted by atomic mass is 79.9. The van der Waals surface area contributed by atoms with Crippen LogP contribution in [0.2, 0.25) is 0 Å². The van der Waals surface area contributed by atoms with Crippen LogP contribution in [-0.2, 0) is 16.8 Å². The molecule has 0 saturated heterocycles. The van der Waals surface area contributed by atoms with Crippen molar-refractivity contribution < 1.29 is 14.2 Å². The van der Waals surface area contributed by atoms with Crippen molar-refractivity contribution in [3.8, 4) is 0 Å². The van der Waals surface area contributed by atoms with Gasteiger partial charge in [0.2, 0.25) is 0 Å². The molecule has 0 aromatic heterocycles. The lowest BCUT2D eigenvalue weighted by atomic mass is 9.88. The molecule has 0 aliphatic carbocycles. The van der Waals surface area contributed by atoms with E-state index in [9.17, 15) is 9.50 Å². The molecule has 1 atom stereocenters. The van der Waals surface area contributed by atoms with Crippen LogP contribution in [-0.4, -0.2) is 18.8 Å². The van der Waals surface area contributed by atoms with E-state index in [2.05, 4.69) is 15.9 Å². The fraction of sp³-hybridized carbons (Fsp3) is 0.250. The molecule has 1 N–H and O–H groups in total. The van der Waals surface area contributed by atoms with Gasteiger partial charge in [-0.1, -0.05) is 52.3 Å². The number of methoxy groups -OCH3 is 1. The summed E-state index contributed by atoms with van der Waals surface area (Å²) >= 11 is 3.33. The first-order valence-electron chi connectivity index (χ1n) is 6.26. The van der Waals surface area contributed by atoms with Gasteiger partial charge in [-0.15, -0.1) is 0 Å². The zero-order chi connectivity index (χ0) is 14.6. The summed E-state index contributed by atoms with van der Waals surface area (Å²) in [5.41, 5.74) is 0.462. The zero-order valence-electron chi connectivity index (χ0n) is 11.1. The van der Waals surface area contributed by atoms with Crippen molar-refractivity contribution >= 4 is 15.9 Å². The quantitative estimate of drug-likeness (QED) is 0.901. The van der Waals surface area contributed by atoms with Gasteiger partial charge in [0.15, 0.2) is 0 Å². The lowest BCUT2D eigenvalue weighted by Crippen LogP contribution is -2.34. The van der Waals surface area contributed by atoms with Gasteiger partial charge in [-0.25, -0.2) is 4.39 Å². The maximum Gasteiger partial charge on any atom is 0.124 e. The number of ether oxygens (including phenoxy) is 1. The summed E-state index contributed by atoms with van der Waals surface area (Å²) in [5, 5.41) is 10.9. The Balaban J connectivity index is 2.34. The van der Waals surface area contributed by atoms with Crippen LogP contribution in [0.5, 0.6) is 0 Å². The first-order valence-corrected chi connectivity index (χ1v) is 7.05. The maximum atomic E-state index is 13.1. The Morgan fingerprint density at radius 2 is 1.90 bits per heavy atom. The number of benzene rings is 2. The molecule has 0 aliphatic rings. The molecule has 0 fully saturated rings. The van der Waals surface area contributed by atoms with Gasteiger partial charge in [-0.2, -0.15) is 0 Å². The molecule has 2 aromatic rings. The normalized spacial score (nSPS) is 14.0. The second-order valence-electron chi connectivity index (χ2n) is 4.74. The zero-order valence-corrected chi connectivity index (χ0v) is 12.7. The largest absolute Gasteiger partial charge is 0.382 e. The van der Waals surface area contributed by atoms with E-state index >= 15 is 0 Å². The van der Waals surface area contributed by atoms with Crippen LogP contribution in [0.15, 0.2) is 53.0 Å². The van der Waals surface area contributed by atoms with E-state index in [1.807, 2.05) is 30.3 Å². The molecule has 2 nitrogen and oxygen atoms in total. The van der Waals surface area contributed by atoms with Gasteiger partial charge in [0.25, 0.3) is 0 Å². The average Bonchev–Trinajstić information content (AvgIpc) is 2.43. The van der Waals surface area contributed by atoms with Crippen molar-refractivity contribution in [2.45, 2.75) is 12.0 Å². The molecule has 1 unspecified atom stereocenters. The minimum atomic E-state index is -1.14. The third-order valence-electron chi connectivity index (χ3n) is 3.19.